The van der Waals surface area contributed by atoms with E-state index in [1.807, 2.05) is 59.3 Å². The average Bonchev–Trinajstić information content (AvgIpc) is 3.32. The fraction of sp³-hybridized carbons (Fsp3) is 0.143. The fourth-order valence-electron chi connectivity index (χ4n) is 4.60. The summed E-state index contributed by atoms with van der Waals surface area (Å²) in [6.07, 6.45) is 3.95. The molecule has 8 heteroatoms. The number of nitrogens with zero attached hydrogens (tertiary/aromatic N) is 2. The standard InChI is InChI=1S/C28H24N2O6/c1-33-23-9-8-19(14-24(23)34-2)27-22(17-6-5-7-20(12-17)30(31)32)16-29-11-10-18-13-25(35-3)26(36-4)15-21(18)28(27)29/h5-16H,1-4H3. The molecule has 2 heterocycles. The van der Waals surface area contributed by atoms with Gasteiger partial charge in [0.15, 0.2) is 23.0 Å². The fourth-order valence-corrected chi connectivity index (χ4v) is 4.60. The first-order valence-corrected chi connectivity index (χ1v) is 11.2. The number of aromatic nitrogens is 1. The van der Waals surface area contributed by atoms with Crippen molar-refractivity contribution in [1.82, 2.24) is 4.40 Å². The highest BCUT2D eigenvalue weighted by atomic mass is 16.6. The lowest BCUT2D eigenvalue weighted by molar-refractivity contribution is -0.384. The van der Waals surface area contributed by atoms with Crippen molar-refractivity contribution in [2.75, 3.05) is 28.4 Å². The first kappa shape index (κ1) is 23.0. The van der Waals surface area contributed by atoms with Crippen molar-refractivity contribution >= 4 is 22.0 Å². The Kier molecular flexibility index (Phi) is 5.85. The molecule has 182 valence electrons. The maximum atomic E-state index is 11.5. The van der Waals surface area contributed by atoms with Crippen molar-refractivity contribution in [1.29, 1.82) is 0 Å². The third-order valence-electron chi connectivity index (χ3n) is 6.30. The molecule has 3 aromatic carbocycles. The molecule has 0 radical (unpaired) electrons. The molecule has 0 amide bonds. The van der Waals surface area contributed by atoms with Crippen molar-refractivity contribution in [3.63, 3.8) is 0 Å². The molecule has 5 aromatic rings. The predicted molar refractivity (Wildman–Crippen MR) is 139 cm³/mol. The summed E-state index contributed by atoms with van der Waals surface area (Å²) in [6, 6.07) is 18.2. The van der Waals surface area contributed by atoms with Crippen LogP contribution in [0.1, 0.15) is 0 Å². The zero-order valence-electron chi connectivity index (χ0n) is 20.3. The molecule has 0 aliphatic rings. The van der Waals surface area contributed by atoms with E-state index in [-0.39, 0.29) is 10.6 Å². The zero-order chi connectivity index (χ0) is 25.4. The molecule has 2 aromatic heterocycles. The van der Waals surface area contributed by atoms with Crippen molar-refractivity contribution < 1.29 is 23.9 Å². The highest BCUT2D eigenvalue weighted by molar-refractivity contribution is 6.09. The summed E-state index contributed by atoms with van der Waals surface area (Å²) in [7, 11) is 6.39. The molecule has 0 spiro atoms. The second kappa shape index (κ2) is 9.14. The van der Waals surface area contributed by atoms with Gasteiger partial charge < -0.3 is 23.3 Å². The van der Waals surface area contributed by atoms with E-state index in [0.717, 1.165) is 38.5 Å². The van der Waals surface area contributed by atoms with Gasteiger partial charge in [-0.15, -0.1) is 0 Å². The number of benzene rings is 3. The van der Waals surface area contributed by atoms with Crippen LogP contribution < -0.4 is 18.9 Å². The van der Waals surface area contributed by atoms with Gasteiger partial charge in [-0.05, 0) is 46.8 Å². The van der Waals surface area contributed by atoms with Crippen LogP contribution in [0.2, 0.25) is 0 Å². The van der Waals surface area contributed by atoms with E-state index in [9.17, 15) is 10.1 Å². The number of ether oxygens (including phenoxy) is 4. The van der Waals surface area contributed by atoms with Crippen molar-refractivity contribution in [2.24, 2.45) is 0 Å². The normalized spacial score (nSPS) is 11.0. The number of nitro benzene ring substituents is 1. The predicted octanol–water partition coefficient (Wildman–Crippen LogP) is 6.37. The second-order valence-electron chi connectivity index (χ2n) is 8.16. The van der Waals surface area contributed by atoms with Crippen LogP contribution in [0.5, 0.6) is 23.0 Å². The summed E-state index contributed by atoms with van der Waals surface area (Å²) in [5, 5.41) is 13.4. The Bertz CT molecular complexity index is 1620. The van der Waals surface area contributed by atoms with Gasteiger partial charge >= 0.3 is 0 Å². The first-order valence-electron chi connectivity index (χ1n) is 11.2. The van der Waals surface area contributed by atoms with E-state index in [4.69, 9.17) is 18.9 Å². The molecule has 0 unspecified atom stereocenters. The van der Waals surface area contributed by atoms with Gasteiger partial charge in [-0.1, -0.05) is 18.2 Å². The molecule has 0 aliphatic carbocycles. The summed E-state index contributed by atoms with van der Waals surface area (Å²) >= 11 is 0. The van der Waals surface area contributed by atoms with Gasteiger partial charge in [0, 0.05) is 41.0 Å². The highest BCUT2D eigenvalue weighted by Crippen LogP contribution is 2.44. The largest absolute Gasteiger partial charge is 0.493 e. The molecule has 5 rings (SSSR count). The van der Waals surface area contributed by atoms with Crippen molar-refractivity contribution in [3.05, 3.63) is 83.2 Å². The van der Waals surface area contributed by atoms with E-state index in [1.165, 1.54) is 6.07 Å². The van der Waals surface area contributed by atoms with Crippen LogP contribution in [0.3, 0.4) is 0 Å². The van der Waals surface area contributed by atoms with E-state index in [1.54, 1.807) is 40.6 Å². The minimum atomic E-state index is -0.387. The molecule has 8 nitrogen and oxygen atoms in total. The van der Waals surface area contributed by atoms with Gasteiger partial charge in [0.25, 0.3) is 5.69 Å². The lowest BCUT2D eigenvalue weighted by Crippen LogP contribution is -1.93. The molecule has 0 saturated carbocycles. The average molecular weight is 485 g/mol. The smallest absolute Gasteiger partial charge is 0.270 e. The van der Waals surface area contributed by atoms with Crippen LogP contribution in [0.15, 0.2) is 73.1 Å². The summed E-state index contributed by atoms with van der Waals surface area (Å²) < 4.78 is 24.2. The van der Waals surface area contributed by atoms with Crippen LogP contribution in [-0.4, -0.2) is 37.8 Å². The minimum Gasteiger partial charge on any atom is -0.493 e. The molecule has 0 saturated heterocycles. The van der Waals surface area contributed by atoms with Gasteiger partial charge in [-0.25, -0.2) is 0 Å². The maximum absolute atomic E-state index is 11.5. The monoisotopic (exact) mass is 484 g/mol. The van der Waals surface area contributed by atoms with E-state index in [0.29, 0.717) is 23.0 Å². The molecule has 0 aliphatic heterocycles. The summed E-state index contributed by atoms with van der Waals surface area (Å²) in [6.45, 7) is 0. The minimum absolute atomic E-state index is 0.0253. The third kappa shape index (κ3) is 3.73. The van der Waals surface area contributed by atoms with Gasteiger partial charge in [-0.2, -0.15) is 0 Å². The van der Waals surface area contributed by atoms with Gasteiger partial charge in [0.05, 0.1) is 38.9 Å². The van der Waals surface area contributed by atoms with Gasteiger partial charge in [0.2, 0.25) is 0 Å². The van der Waals surface area contributed by atoms with Crippen LogP contribution in [0, 0.1) is 10.1 Å². The topological polar surface area (TPSA) is 84.5 Å². The van der Waals surface area contributed by atoms with E-state index < -0.39 is 0 Å². The first-order chi connectivity index (χ1) is 17.5. The molecule has 36 heavy (non-hydrogen) atoms. The quantitative estimate of drug-likeness (QED) is 0.197. The van der Waals surface area contributed by atoms with Crippen LogP contribution in [0.4, 0.5) is 5.69 Å². The lowest BCUT2D eigenvalue weighted by Gasteiger charge is -2.13. The van der Waals surface area contributed by atoms with Gasteiger partial charge in [-0.3, -0.25) is 10.1 Å². The zero-order valence-corrected chi connectivity index (χ0v) is 20.3. The van der Waals surface area contributed by atoms with E-state index >= 15 is 0 Å². The Morgan fingerprint density at radius 1 is 0.750 bits per heavy atom. The number of methoxy groups -OCH3 is 4. The highest BCUT2D eigenvalue weighted by Gasteiger charge is 2.21. The number of hydrogen-bond donors (Lipinski definition) is 0. The molecule has 0 atom stereocenters. The molecular weight excluding hydrogens is 460 g/mol. The number of non-ortho nitro benzene ring substituents is 1. The summed E-state index contributed by atoms with van der Waals surface area (Å²) in [4.78, 5) is 11.1. The van der Waals surface area contributed by atoms with Crippen molar-refractivity contribution in [3.8, 4) is 45.3 Å². The molecule has 0 fully saturated rings. The number of rotatable bonds is 7. The van der Waals surface area contributed by atoms with Crippen LogP contribution in [-0.2, 0) is 0 Å². The maximum Gasteiger partial charge on any atom is 0.270 e. The number of pyridine rings is 1. The SMILES string of the molecule is COc1ccc(-c2c(-c3cccc([N+](=O)[O-])c3)cn3ccc4cc(OC)c(OC)cc4c23)cc1OC. The van der Waals surface area contributed by atoms with Crippen LogP contribution >= 0.6 is 0 Å². The summed E-state index contributed by atoms with van der Waals surface area (Å²) in [5.74, 6) is 2.43. The lowest BCUT2D eigenvalue weighted by atomic mass is 9.95. The molecular formula is C28H24N2O6. The number of fused-ring (bicyclic) bond motifs is 3. The molecule has 0 bridgehead atoms. The summed E-state index contributed by atoms with van der Waals surface area (Å²) in [5.41, 5.74) is 4.28. The Balaban J connectivity index is 1.91. The Morgan fingerprint density at radius 2 is 1.44 bits per heavy atom. The second-order valence-corrected chi connectivity index (χ2v) is 8.16. The van der Waals surface area contributed by atoms with E-state index in [2.05, 4.69) is 0 Å². The molecule has 0 N–H and O–H groups in total. The van der Waals surface area contributed by atoms with Crippen LogP contribution in [0.25, 0.3) is 38.5 Å². The number of nitro groups is 1. The Morgan fingerprint density at radius 3 is 2.14 bits per heavy atom. The number of hydrogen-bond acceptors (Lipinski definition) is 6. The van der Waals surface area contributed by atoms with Crippen molar-refractivity contribution in [2.45, 2.75) is 0 Å². The Labute approximate surface area is 207 Å². The third-order valence-corrected chi connectivity index (χ3v) is 6.30. The Hall–Kier alpha value is -4.72. The van der Waals surface area contributed by atoms with Gasteiger partial charge in [0.1, 0.15) is 0 Å².